The fraction of sp³-hybridized carbons (Fsp3) is 0.370. The van der Waals surface area contributed by atoms with Gasteiger partial charge in [0.05, 0.1) is 17.1 Å². The number of amides is 3. The predicted molar refractivity (Wildman–Crippen MR) is 145 cm³/mol. The van der Waals surface area contributed by atoms with Gasteiger partial charge in [0.2, 0.25) is 5.91 Å². The van der Waals surface area contributed by atoms with E-state index in [1.165, 1.54) is 4.90 Å². The number of aryl methyl sites for hydroxylation is 1. The molecule has 0 aliphatic heterocycles. The number of carbonyl (C=O) groups is 2. The summed E-state index contributed by atoms with van der Waals surface area (Å²) < 4.78 is 2.56. The van der Waals surface area contributed by atoms with Crippen molar-refractivity contribution in [2.45, 2.75) is 53.4 Å². The molecule has 7 nitrogen and oxygen atoms in total. The molecule has 0 unspecified atom stereocenters. The highest BCUT2D eigenvalue weighted by atomic mass is 79.9. The van der Waals surface area contributed by atoms with Gasteiger partial charge in [0.1, 0.15) is 12.4 Å². The summed E-state index contributed by atoms with van der Waals surface area (Å²) >= 11 is 3.44. The maximum atomic E-state index is 13.1. The number of anilines is 2. The van der Waals surface area contributed by atoms with Crippen molar-refractivity contribution < 1.29 is 9.59 Å². The molecule has 8 heteroatoms. The van der Waals surface area contributed by atoms with Crippen LogP contribution in [0.15, 0.2) is 53.0 Å². The smallest absolute Gasteiger partial charge is 0.315 e. The predicted octanol–water partition coefficient (Wildman–Crippen LogP) is 6.43. The molecule has 2 aromatic carbocycles. The van der Waals surface area contributed by atoms with Crippen LogP contribution in [-0.4, -0.2) is 39.7 Å². The van der Waals surface area contributed by atoms with E-state index in [9.17, 15) is 9.59 Å². The van der Waals surface area contributed by atoms with Gasteiger partial charge in [-0.2, -0.15) is 5.10 Å². The quantitative estimate of drug-likeness (QED) is 0.363. The Balaban J connectivity index is 1.84. The maximum absolute atomic E-state index is 13.1. The minimum Gasteiger partial charge on any atom is -0.315 e. The lowest BCUT2D eigenvalue weighted by molar-refractivity contribution is -0.116. The fourth-order valence-electron chi connectivity index (χ4n) is 3.62. The molecule has 0 bridgehead atoms. The molecular formula is C27H34BrN5O2. The Bertz CT molecular complexity index is 1210. The number of urea groups is 1. The third-order valence-electron chi connectivity index (χ3n) is 5.78. The van der Waals surface area contributed by atoms with Crippen LogP contribution in [0.4, 0.5) is 16.3 Å². The van der Waals surface area contributed by atoms with Crippen LogP contribution in [0.25, 0.3) is 5.69 Å². The summed E-state index contributed by atoms with van der Waals surface area (Å²) in [5.41, 5.74) is 4.47. The van der Waals surface area contributed by atoms with Gasteiger partial charge >= 0.3 is 6.03 Å². The minimum absolute atomic E-state index is 0.0764. The second-order valence-electron chi connectivity index (χ2n) is 9.68. The summed E-state index contributed by atoms with van der Waals surface area (Å²) in [7, 11) is 0. The van der Waals surface area contributed by atoms with Crippen molar-refractivity contribution >= 4 is 39.4 Å². The molecule has 0 aliphatic rings. The van der Waals surface area contributed by atoms with Crippen molar-refractivity contribution in [3.63, 3.8) is 0 Å². The van der Waals surface area contributed by atoms with Crippen LogP contribution in [0.1, 0.15) is 50.9 Å². The average Bonchev–Trinajstić information content (AvgIpc) is 3.21. The molecule has 0 fully saturated rings. The van der Waals surface area contributed by atoms with Crippen LogP contribution in [0.3, 0.4) is 0 Å². The summed E-state index contributed by atoms with van der Waals surface area (Å²) in [6.07, 6.45) is 0.727. The standard InChI is InChI=1S/C27H34BrN5O2/c1-7-15-32(26(35)29-21-13-9-8-12-20(21)28)17-25(34)30-24-16-23(27(4,5)6)31-33(24)22-14-10-11-18(2)19(22)3/h8-14,16H,7,15,17H2,1-6H3,(H,29,35)(H,30,34). The number of nitrogens with one attached hydrogen (secondary N) is 2. The van der Waals surface area contributed by atoms with Gasteiger partial charge < -0.3 is 15.5 Å². The van der Waals surface area contributed by atoms with Crippen molar-refractivity contribution in [1.29, 1.82) is 0 Å². The lowest BCUT2D eigenvalue weighted by Crippen LogP contribution is -2.41. The number of carbonyl (C=O) groups excluding carboxylic acids is 2. The second kappa shape index (κ2) is 11.1. The summed E-state index contributed by atoms with van der Waals surface area (Å²) in [5.74, 6) is 0.295. The summed E-state index contributed by atoms with van der Waals surface area (Å²) in [6.45, 7) is 12.7. The molecule has 3 amide bonds. The summed E-state index contributed by atoms with van der Waals surface area (Å²) in [4.78, 5) is 27.6. The monoisotopic (exact) mass is 539 g/mol. The largest absolute Gasteiger partial charge is 0.322 e. The van der Waals surface area contributed by atoms with Crippen molar-refractivity contribution in [1.82, 2.24) is 14.7 Å². The Labute approximate surface area is 216 Å². The van der Waals surface area contributed by atoms with Gasteiger partial charge in [-0.1, -0.05) is 52.0 Å². The second-order valence-corrected chi connectivity index (χ2v) is 10.5. The van der Waals surface area contributed by atoms with Gasteiger partial charge in [0.15, 0.2) is 0 Å². The Kier molecular flexibility index (Phi) is 8.38. The van der Waals surface area contributed by atoms with Gasteiger partial charge in [0.25, 0.3) is 0 Å². The zero-order valence-corrected chi connectivity index (χ0v) is 22.9. The van der Waals surface area contributed by atoms with Crippen molar-refractivity contribution in [3.8, 4) is 5.69 Å². The van der Waals surface area contributed by atoms with E-state index in [0.29, 0.717) is 18.1 Å². The van der Waals surface area contributed by atoms with Gasteiger partial charge in [-0.25, -0.2) is 9.48 Å². The van der Waals surface area contributed by atoms with Gasteiger partial charge in [0, 0.05) is 22.5 Å². The summed E-state index contributed by atoms with van der Waals surface area (Å²) in [5, 5.41) is 10.7. The number of rotatable bonds is 7. The Morgan fingerprint density at radius 1 is 1.06 bits per heavy atom. The van der Waals surface area contributed by atoms with E-state index in [1.54, 1.807) is 4.68 Å². The first-order valence-electron chi connectivity index (χ1n) is 11.8. The summed E-state index contributed by atoms with van der Waals surface area (Å²) in [6, 6.07) is 15.0. The highest BCUT2D eigenvalue weighted by molar-refractivity contribution is 9.10. The Morgan fingerprint density at radius 3 is 2.43 bits per heavy atom. The van der Waals surface area contributed by atoms with Gasteiger partial charge in [-0.05, 0) is 65.5 Å². The third kappa shape index (κ3) is 6.51. The molecule has 186 valence electrons. The topological polar surface area (TPSA) is 79.3 Å². The molecule has 0 atom stereocenters. The molecular weight excluding hydrogens is 506 g/mol. The first-order chi connectivity index (χ1) is 16.5. The zero-order valence-electron chi connectivity index (χ0n) is 21.3. The van der Waals surface area contributed by atoms with Crippen LogP contribution in [-0.2, 0) is 10.2 Å². The van der Waals surface area contributed by atoms with Gasteiger partial charge in [-0.3, -0.25) is 4.79 Å². The van der Waals surface area contributed by atoms with Crippen LogP contribution >= 0.6 is 15.9 Å². The number of nitrogens with zero attached hydrogens (tertiary/aromatic N) is 3. The van der Waals surface area contributed by atoms with Crippen LogP contribution in [0, 0.1) is 13.8 Å². The molecule has 0 spiro atoms. The maximum Gasteiger partial charge on any atom is 0.322 e. The molecule has 35 heavy (non-hydrogen) atoms. The van der Waals surface area contributed by atoms with Crippen molar-refractivity contribution in [3.05, 3.63) is 69.8 Å². The highest BCUT2D eigenvalue weighted by Gasteiger charge is 2.24. The third-order valence-corrected chi connectivity index (χ3v) is 6.47. The lowest BCUT2D eigenvalue weighted by Gasteiger charge is -2.22. The van der Waals surface area contributed by atoms with E-state index in [4.69, 9.17) is 5.10 Å². The first-order valence-corrected chi connectivity index (χ1v) is 12.6. The lowest BCUT2D eigenvalue weighted by atomic mass is 9.92. The normalized spacial score (nSPS) is 11.3. The fourth-order valence-corrected chi connectivity index (χ4v) is 4.00. The Hall–Kier alpha value is -3.13. The molecule has 2 N–H and O–H groups in total. The van der Waals surface area contributed by atoms with E-state index in [-0.39, 0.29) is 23.9 Å². The van der Waals surface area contributed by atoms with Gasteiger partial charge in [-0.15, -0.1) is 0 Å². The number of benzene rings is 2. The SMILES string of the molecule is CCCN(CC(=O)Nc1cc(C(C)(C)C)nn1-c1cccc(C)c1C)C(=O)Nc1ccccc1Br. The van der Waals surface area contributed by atoms with Crippen LogP contribution < -0.4 is 10.6 Å². The molecule has 1 aromatic heterocycles. The number of hydrogen-bond acceptors (Lipinski definition) is 3. The number of halogens is 1. The van der Waals surface area contributed by atoms with E-state index in [2.05, 4.69) is 60.3 Å². The Morgan fingerprint density at radius 2 is 1.77 bits per heavy atom. The number of hydrogen-bond donors (Lipinski definition) is 2. The molecule has 1 heterocycles. The first kappa shape index (κ1) is 26.5. The van der Waals surface area contributed by atoms with Crippen molar-refractivity contribution in [2.75, 3.05) is 23.7 Å². The van der Waals surface area contributed by atoms with E-state index >= 15 is 0 Å². The molecule has 3 rings (SSSR count). The molecule has 3 aromatic rings. The van der Waals surface area contributed by atoms with Crippen molar-refractivity contribution in [2.24, 2.45) is 0 Å². The highest BCUT2D eigenvalue weighted by Crippen LogP contribution is 2.28. The molecule has 0 radical (unpaired) electrons. The van der Waals surface area contributed by atoms with Crippen LogP contribution in [0.5, 0.6) is 0 Å². The van der Waals surface area contributed by atoms with E-state index < -0.39 is 0 Å². The number of para-hydroxylation sites is 1. The van der Waals surface area contributed by atoms with E-state index in [0.717, 1.165) is 33.4 Å². The minimum atomic E-state index is -0.327. The van der Waals surface area contributed by atoms with Crippen LogP contribution in [0.2, 0.25) is 0 Å². The molecule has 0 saturated carbocycles. The zero-order chi connectivity index (χ0) is 25.8. The molecule has 0 aliphatic carbocycles. The number of aromatic nitrogens is 2. The van der Waals surface area contributed by atoms with E-state index in [1.807, 2.05) is 56.3 Å². The average molecular weight is 541 g/mol. The molecule has 0 saturated heterocycles.